The van der Waals surface area contributed by atoms with E-state index in [1.54, 1.807) is 6.07 Å². The minimum atomic E-state index is -3.35. The Bertz CT molecular complexity index is 929. The van der Waals surface area contributed by atoms with Crippen LogP contribution in [0.1, 0.15) is 21.5 Å². The molecule has 0 aromatic heterocycles. The SMILES string of the molecule is Cc1cc(C)c(NC(=O)COC(=O)c2ccc(S(C)(=O)=O)cc2)c(Cl)c1. The first-order chi connectivity index (χ1) is 12.1. The second-order valence-corrected chi connectivity index (χ2v) is 8.28. The van der Waals surface area contributed by atoms with E-state index in [1.165, 1.54) is 24.3 Å². The van der Waals surface area contributed by atoms with Crippen molar-refractivity contribution in [2.75, 3.05) is 18.2 Å². The first-order valence-corrected chi connectivity index (χ1v) is 9.88. The molecule has 0 fully saturated rings. The highest BCUT2D eigenvalue weighted by Crippen LogP contribution is 2.27. The third kappa shape index (κ3) is 5.06. The lowest BCUT2D eigenvalue weighted by atomic mass is 10.1. The average molecular weight is 396 g/mol. The highest BCUT2D eigenvalue weighted by atomic mass is 35.5. The molecule has 0 unspecified atom stereocenters. The predicted molar refractivity (Wildman–Crippen MR) is 99.4 cm³/mol. The summed E-state index contributed by atoms with van der Waals surface area (Å²) in [4.78, 5) is 24.1. The van der Waals surface area contributed by atoms with Crippen LogP contribution in [0.3, 0.4) is 0 Å². The van der Waals surface area contributed by atoms with Gasteiger partial charge in [0, 0.05) is 6.26 Å². The Labute approximate surface area is 157 Å². The van der Waals surface area contributed by atoms with Gasteiger partial charge in [-0.15, -0.1) is 0 Å². The molecule has 2 aromatic rings. The van der Waals surface area contributed by atoms with Crippen molar-refractivity contribution in [2.24, 2.45) is 0 Å². The van der Waals surface area contributed by atoms with Crippen molar-refractivity contribution >= 4 is 39.0 Å². The summed E-state index contributed by atoms with van der Waals surface area (Å²) in [6.45, 7) is 3.21. The number of carbonyl (C=O) groups excluding carboxylic acids is 2. The molecule has 26 heavy (non-hydrogen) atoms. The molecule has 0 radical (unpaired) electrons. The number of rotatable bonds is 5. The van der Waals surface area contributed by atoms with Gasteiger partial charge < -0.3 is 10.1 Å². The van der Waals surface area contributed by atoms with Crippen LogP contribution in [0.15, 0.2) is 41.3 Å². The Morgan fingerprint density at radius 2 is 1.73 bits per heavy atom. The van der Waals surface area contributed by atoms with Crippen LogP contribution in [0.5, 0.6) is 0 Å². The van der Waals surface area contributed by atoms with Crippen LogP contribution in [0.4, 0.5) is 5.69 Å². The van der Waals surface area contributed by atoms with Crippen LogP contribution in [0, 0.1) is 13.8 Å². The molecule has 2 aromatic carbocycles. The van der Waals surface area contributed by atoms with E-state index in [9.17, 15) is 18.0 Å². The molecule has 0 bridgehead atoms. The Morgan fingerprint density at radius 1 is 1.12 bits per heavy atom. The van der Waals surface area contributed by atoms with Gasteiger partial charge in [-0.25, -0.2) is 13.2 Å². The summed E-state index contributed by atoms with van der Waals surface area (Å²) in [7, 11) is -3.35. The maximum absolute atomic E-state index is 12.0. The van der Waals surface area contributed by atoms with Crippen molar-refractivity contribution in [3.05, 3.63) is 58.1 Å². The molecular formula is C18H18ClNO5S. The summed E-state index contributed by atoms with van der Waals surface area (Å²) in [6.07, 6.45) is 1.07. The Balaban J connectivity index is 1.98. The molecule has 0 aliphatic rings. The summed E-state index contributed by atoms with van der Waals surface area (Å²) < 4.78 is 27.7. The maximum atomic E-state index is 12.0. The van der Waals surface area contributed by atoms with Crippen LogP contribution in [0.25, 0.3) is 0 Å². The Kier molecular flexibility index (Phi) is 6.05. The minimum Gasteiger partial charge on any atom is -0.452 e. The van der Waals surface area contributed by atoms with Gasteiger partial charge >= 0.3 is 5.97 Å². The number of amides is 1. The highest BCUT2D eigenvalue weighted by molar-refractivity contribution is 7.90. The number of aryl methyl sites for hydroxylation is 2. The fraction of sp³-hybridized carbons (Fsp3) is 0.222. The molecule has 0 saturated carbocycles. The largest absolute Gasteiger partial charge is 0.452 e. The molecule has 2 rings (SSSR count). The number of ether oxygens (including phenoxy) is 1. The molecule has 0 aliphatic heterocycles. The van der Waals surface area contributed by atoms with Gasteiger partial charge in [0.1, 0.15) is 0 Å². The minimum absolute atomic E-state index is 0.0938. The maximum Gasteiger partial charge on any atom is 0.338 e. The molecule has 1 N–H and O–H groups in total. The fourth-order valence-electron chi connectivity index (χ4n) is 2.30. The molecule has 138 valence electrons. The van der Waals surface area contributed by atoms with Crippen molar-refractivity contribution in [3.63, 3.8) is 0 Å². The van der Waals surface area contributed by atoms with E-state index in [4.69, 9.17) is 16.3 Å². The smallest absolute Gasteiger partial charge is 0.338 e. The number of carbonyl (C=O) groups is 2. The van der Waals surface area contributed by atoms with Gasteiger partial charge in [0.15, 0.2) is 16.4 Å². The molecule has 0 saturated heterocycles. The zero-order valence-corrected chi connectivity index (χ0v) is 16.1. The number of benzene rings is 2. The van der Waals surface area contributed by atoms with Gasteiger partial charge in [-0.1, -0.05) is 17.7 Å². The average Bonchev–Trinajstić information content (AvgIpc) is 2.55. The number of anilines is 1. The first-order valence-electron chi connectivity index (χ1n) is 7.62. The van der Waals surface area contributed by atoms with Crippen LogP contribution in [-0.2, 0) is 19.4 Å². The molecule has 0 aliphatic carbocycles. The van der Waals surface area contributed by atoms with Crippen LogP contribution in [-0.4, -0.2) is 33.2 Å². The third-order valence-corrected chi connectivity index (χ3v) is 4.98. The standard InChI is InChI=1S/C18H18ClNO5S/c1-11-8-12(2)17(15(19)9-11)20-16(21)10-25-18(22)13-4-6-14(7-5-13)26(3,23)24/h4-9H,10H2,1-3H3,(H,20,21). The number of sulfone groups is 1. The molecule has 8 heteroatoms. The van der Waals surface area contributed by atoms with E-state index in [-0.39, 0.29) is 10.5 Å². The van der Waals surface area contributed by atoms with Gasteiger partial charge in [-0.05, 0) is 55.3 Å². The van der Waals surface area contributed by atoms with Gasteiger partial charge in [0.05, 0.1) is 21.2 Å². The second-order valence-electron chi connectivity index (χ2n) is 5.86. The Morgan fingerprint density at radius 3 is 2.27 bits per heavy atom. The molecule has 6 nitrogen and oxygen atoms in total. The van der Waals surface area contributed by atoms with Gasteiger partial charge in [-0.3, -0.25) is 4.79 Å². The van der Waals surface area contributed by atoms with Crippen molar-refractivity contribution < 1.29 is 22.7 Å². The van der Waals surface area contributed by atoms with Crippen LogP contribution >= 0.6 is 11.6 Å². The molecule has 0 heterocycles. The van der Waals surface area contributed by atoms with E-state index in [0.29, 0.717) is 10.7 Å². The number of nitrogens with one attached hydrogen (secondary N) is 1. The summed E-state index contributed by atoms with van der Waals surface area (Å²) in [5.41, 5.74) is 2.38. The zero-order chi connectivity index (χ0) is 19.5. The van der Waals surface area contributed by atoms with E-state index >= 15 is 0 Å². The van der Waals surface area contributed by atoms with Crippen molar-refractivity contribution in [3.8, 4) is 0 Å². The molecular weight excluding hydrogens is 378 g/mol. The third-order valence-electron chi connectivity index (χ3n) is 3.55. The van der Waals surface area contributed by atoms with Crippen LogP contribution in [0.2, 0.25) is 5.02 Å². The normalized spacial score (nSPS) is 11.1. The van der Waals surface area contributed by atoms with Gasteiger partial charge in [0.25, 0.3) is 5.91 Å². The summed E-state index contributed by atoms with van der Waals surface area (Å²) in [5, 5.41) is 3.02. The predicted octanol–water partition coefficient (Wildman–Crippen LogP) is 3.16. The lowest BCUT2D eigenvalue weighted by Gasteiger charge is -2.12. The summed E-state index contributed by atoms with van der Waals surface area (Å²) in [6, 6.07) is 8.87. The van der Waals surface area contributed by atoms with E-state index in [2.05, 4.69) is 5.32 Å². The van der Waals surface area contributed by atoms with Crippen LogP contribution < -0.4 is 5.32 Å². The highest BCUT2D eigenvalue weighted by Gasteiger charge is 2.14. The molecule has 0 spiro atoms. The second kappa shape index (κ2) is 7.88. The summed E-state index contributed by atoms with van der Waals surface area (Å²) >= 11 is 6.12. The molecule has 0 atom stereocenters. The Hall–Kier alpha value is -2.38. The van der Waals surface area contributed by atoms with Crippen molar-refractivity contribution in [2.45, 2.75) is 18.7 Å². The lowest BCUT2D eigenvalue weighted by molar-refractivity contribution is -0.119. The van der Waals surface area contributed by atoms with Crippen molar-refractivity contribution in [1.29, 1.82) is 0 Å². The zero-order valence-electron chi connectivity index (χ0n) is 14.5. The van der Waals surface area contributed by atoms with Crippen molar-refractivity contribution in [1.82, 2.24) is 0 Å². The lowest BCUT2D eigenvalue weighted by Crippen LogP contribution is -2.21. The van der Waals surface area contributed by atoms with Gasteiger partial charge in [-0.2, -0.15) is 0 Å². The van der Waals surface area contributed by atoms with E-state index in [0.717, 1.165) is 17.4 Å². The fourth-order valence-corrected chi connectivity index (χ4v) is 3.30. The number of hydrogen-bond donors (Lipinski definition) is 1. The van der Waals surface area contributed by atoms with E-state index in [1.807, 2.05) is 19.9 Å². The number of esters is 1. The van der Waals surface area contributed by atoms with Gasteiger partial charge in [0.2, 0.25) is 0 Å². The number of hydrogen-bond acceptors (Lipinski definition) is 5. The first kappa shape index (κ1) is 19.9. The number of halogens is 1. The quantitative estimate of drug-likeness (QED) is 0.785. The van der Waals surface area contributed by atoms with E-state index < -0.39 is 28.3 Å². The summed E-state index contributed by atoms with van der Waals surface area (Å²) in [5.74, 6) is -1.26. The molecule has 1 amide bonds. The monoisotopic (exact) mass is 395 g/mol. The topological polar surface area (TPSA) is 89.5 Å².